The largest absolute Gasteiger partial charge is 0.460 e. The van der Waals surface area contributed by atoms with Gasteiger partial charge in [0.1, 0.15) is 6.33 Å². The standard InChI is InChI=1S/C8H3F9N2O/c9-5(10,4(20)19-2-1-18-3-19)6(11,12)7(13,14)8(15,16)17/h1-3H. The molecule has 0 aliphatic rings. The van der Waals surface area contributed by atoms with Gasteiger partial charge < -0.3 is 0 Å². The van der Waals surface area contributed by atoms with E-state index in [4.69, 9.17) is 0 Å². The summed E-state index contributed by atoms with van der Waals surface area (Å²) in [5.74, 6) is -23.3. The summed E-state index contributed by atoms with van der Waals surface area (Å²) < 4.78 is 112. The third-order valence-corrected chi connectivity index (χ3v) is 2.15. The summed E-state index contributed by atoms with van der Waals surface area (Å²) in [6.07, 6.45) is -5.67. The highest BCUT2D eigenvalue weighted by Crippen LogP contribution is 2.53. The molecule has 20 heavy (non-hydrogen) atoms. The molecule has 1 aromatic heterocycles. The van der Waals surface area contributed by atoms with Crippen molar-refractivity contribution in [3.05, 3.63) is 18.7 Å². The van der Waals surface area contributed by atoms with E-state index in [1.807, 2.05) is 0 Å². The van der Waals surface area contributed by atoms with Gasteiger partial charge in [-0.1, -0.05) is 0 Å². The Bertz CT molecular complexity index is 491. The monoisotopic (exact) mass is 314 g/mol. The van der Waals surface area contributed by atoms with E-state index in [9.17, 15) is 44.3 Å². The van der Waals surface area contributed by atoms with Crippen LogP contribution in [0.25, 0.3) is 0 Å². The molecular formula is C8H3F9N2O. The molecule has 0 atom stereocenters. The second-order valence-corrected chi connectivity index (χ2v) is 3.50. The first-order valence-electron chi connectivity index (χ1n) is 4.49. The Morgan fingerprint density at radius 3 is 1.75 bits per heavy atom. The van der Waals surface area contributed by atoms with Gasteiger partial charge in [0.15, 0.2) is 0 Å². The molecule has 1 aromatic rings. The third-order valence-electron chi connectivity index (χ3n) is 2.15. The van der Waals surface area contributed by atoms with E-state index in [1.165, 1.54) is 0 Å². The molecular weight excluding hydrogens is 311 g/mol. The topological polar surface area (TPSA) is 34.9 Å². The van der Waals surface area contributed by atoms with E-state index in [0.717, 1.165) is 0 Å². The minimum atomic E-state index is -7.10. The number of carbonyl (C=O) groups excluding carboxylic acids is 1. The maximum absolute atomic E-state index is 13.1. The molecule has 1 rings (SSSR count). The molecule has 0 saturated carbocycles. The summed E-state index contributed by atoms with van der Waals surface area (Å²) in [6, 6.07) is 0. The number of rotatable bonds is 3. The first-order valence-corrected chi connectivity index (χ1v) is 4.49. The van der Waals surface area contributed by atoms with E-state index in [-0.39, 0.29) is 10.9 Å². The quantitative estimate of drug-likeness (QED) is 0.804. The van der Waals surface area contributed by atoms with Crippen LogP contribution >= 0.6 is 0 Å². The summed E-state index contributed by atoms with van der Waals surface area (Å²) in [7, 11) is 0. The van der Waals surface area contributed by atoms with E-state index in [0.29, 0.717) is 12.4 Å². The molecule has 0 radical (unpaired) electrons. The van der Waals surface area contributed by atoms with Gasteiger partial charge in [-0.15, -0.1) is 0 Å². The van der Waals surface area contributed by atoms with E-state index in [2.05, 4.69) is 4.98 Å². The van der Waals surface area contributed by atoms with Crippen molar-refractivity contribution in [1.82, 2.24) is 9.55 Å². The molecule has 0 aliphatic carbocycles. The first kappa shape index (κ1) is 16.3. The molecule has 0 spiro atoms. The van der Waals surface area contributed by atoms with Gasteiger partial charge in [-0.2, -0.15) is 39.5 Å². The van der Waals surface area contributed by atoms with Crippen LogP contribution < -0.4 is 0 Å². The summed E-state index contributed by atoms with van der Waals surface area (Å²) in [5, 5.41) is 0. The summed E-state index contributed by atoms with van der Waals surface area (Å²) in [5.41, 5.74) is 0. The van der Waals surface area contributed by atoms with Crippen molar-refractivity contribution in [2.24, 2.45) is 0 Å². The van der Waals surface area contributed by atoms with Gasteiger partial charge in [-0.05, 0) is 0 Å². The van der Waals surface area contributed by atoms with Crippen molar-refractivity contribution in [1.29, 1.82) is 0 Å². The normalized spacial score (nSPS) is 14.4. The van der Waals surface area contributed by atoms with Crippen LogP contribution in [0.3, 0.4) is 0 Å². The molecule has 0 saturated heterocycles. The van der Waals surface area contributed by atoms with Crippen LogP contribution in [0.1, 0.15) is 4.79 Å². The van der Waals surface area contributed by atoms with Gasteiger partial charge in [0.05, 0.1) is 0 Å². The Balaban J connectivity index is 3.29. The Morgan fingerprint density at radius 1 is 0.900 bits per heavy atom. The smallest absolute Gasteiger partial charge is 0.271 e. The van der Waals surface area contributed by atoms with Gasteiger partial charge in [0.2, 0.25) is 0 Å². The fourth-order valence-electron chi connectivity index (χ4n) is 1.05. The third kappa shape index (κ3) is 2.12. The Morgan fingerprint density at radius 2 is 1.40 bits per heavy atom. The Kier molecular flexibility index (Phi) is 3.57. The zero-order chi connectivity index (χ0) is 16.0. The van der Waals surface area contributed by atoms with Crippen LogP contribution in [0.5, 0.6) is 0 Å². The number of alkyl halides is 9. The molecule has 12 heteroatoms. The molecule has 0 N–H and O–H groups in total. The second kappa shape index (κ2) is 4.38. The highest BCUT2D eigenvalue weighted by Gasteiger charge is 2.83. The number of imidazole rings is 1. The Hall–Kier alpha value is -1.75. The van der Waals surface area contributed by atoms with E-state index in [1.54, 1.807) is 0 Å². The number of carbonyl (C=O) groups is 1. The average Bonchev–Trinajstić information content (AvgIpc) is 2.79. The lowest BCUT2D eigenvalue weighted by molar-refractivity contribution is -0.386. The highest BCUT2D eigenvalue weighted by molar-refractivity contribution is 5.87. The summed E-state index contributed by atoms with van der Waals surface area (Å²) in [6.45, 7) is 0. The Labute approximate surface area is 104 Å². The van der Waals surface area contributed by atoms with Gasteiger partial charge in [-0.3, -0.25) is 9.36 Å². The van der Waals surface area contributed by atoms with E-state index >= 15 is 0 Å². The predicted molar refractivity (Wildman–Crippen MR) is 43.7 cm³/mol. The van der Waals surface area contributed by atoms with Crippen LogP contribution in [-0.4, -0.2) is 39.4 Å². The predicted octanol–water partition coefficient (Wildman–Crippen LogP) is 2.99. The molecule has 3 nitrogen and oxygen atoms in total. The zero-order valence-corrected chi connectivity index (χ0v) is 8.94. The second-order valence-electron chi connectivity index (χ2n) is 3.50. The van der Waals surface area contributed by atoms with Crippen molar-refractivity contribution in [2.75, 3.05) is 0 Å². The lowest BCUT2D eigenvalue weighted by atomic mass is 10.0. The van der Waals surface area contributed by atoms with Gasteiger partial charge >= 0.3 is 29.9 Å². The van der Waals surface area contributed by atoms with Crippen molar-refractivity contribution in [3.8, 4) is 0 Å². The number of hydrogen-bond donors (Lipinski definition) is 0. The molecule has 0 aliphatic heterocycles. The van der Waals surface area contributed by atoms with Crippen molar-refractivity contribution in [2.45, 2.75) is 23.9 Å². The average molecular weight is 314 g/mol. The number of hydrogen-bond acceptors (Lipinski definition) is 2. The maximum atomic E-state index is 13.1. The van der Waals surface area contributed by atoms with Crippen LogP contribution in [0.15, 0.2) is 18.7 Å². The zero-order valence-electron chi connectivity index (χ0n) is 8.94. The van der Waals surface area contributed by atoms with Gasteiger partial charge in [-0.25, -0.2) is 4.98 Å². The molecule has 1 heterocycles. The maximum Gasteiger partial charge on any atom is 0.460 e. The molecule has 0 bridgehead atoms. The molecule has 0 fully saturated rings. The molecule has 0 amide bonds. The van der Waals surface area contributed by atoms with Crippen LogP contribution in [0.4, 0.5) is 39.5 Å². The van der Waals surface area contributed by atoms with E-state index < -0.39 is 29.9 Å². The van der Waals surface area contributed by atoms with Crippen molar-refractivity contribution in [3.63, 3.8) is 0 Å². The summed E-state index contributed by atoms with van der Waals surface area (Å²) >= 11 is 0. The lowest BCUT2D eigenvalue weighted by Crippen LogP contribution is -2.64. The minimum absolute atomic E-state index is 0.248. The highest BCUT2D eigenvalue weighted by atomic mass is 19.4. The molecule has 114 valence electrons. The number of nitrogens with zero attached hydrogens (tertiary/aromatic N) is 2. The lowest BCUT2D eigenvalue weighted by Gasteiger charge is -2.32. The summed E-state index contributed by atoms with van der Waals surface area (Å²) in [4.78, 5) is 13.9. The van der Waals surface area contributed by atoms with Crippen LogP contribution in [0, 0.1) is 0 Å². The molecule has 0 unspecified atom stereocenters. The SMILES string of the molecule is O=C(n1ccnc1)C(F)(F)C(F)(F)C(F)(F)C(F)(F)F. The first-order chi connectivity index (χ1) is 8.77. The fourth-order valence-corrected chi connectivity index (χ4v) is 1.05. The minimum Gasteiger partial charge on any atom is -0.271 e. The van der Waals surface area contributed by atoms with Gasteiger partial charge in [0, 0.05) is 12.4 Å². The molecule has 0 aromatic carbocycles. The van der Waals surface area contributed by atoms with Crippen molar-refractivity contribution >= 4 is 5.91 Å². The fraction of sp³-hybridized carbons (Fsp3) is 0.500. The van der Waals surface area contributed by atoms with Gasteiger partial charge in [0.25, 0.3) is 0 Å². The number of halogens is 9. The van der Waals surface area contributed by atoms with Crippen LogP contribution in [-0.2, 0) is 0 Å². The van der Waals surface area contributed by atoms with Crippen LogP contribution in [0.2, 0.25) is 0 Å². The number of aromatic nitrogens is 2. The van der Waals surface area contributed by atoms with Crippen molar-refractivity contribution < 1.29 is 44.3 Å².